The third kappa shape index (κ3) is 1.08. The number of methoxy groups -OCH3 is 2. The summed E-state index contributed by atoms with van der Waals surface area (Å²) in [5.41, 5.74) is 0.00231. The highest BCUT2D eigenvalue weighted by atomic mass is 19.1. The van der Waals surface area contributed by atoms with E-state index in [1.165, 1.54) is 0 Å². The van der Waals surface area contributed by atoms with E-state index in [9.17, 15) is 4.39 Å². The van der Waals surface area contributed by atoms with Gasteiger partial charge in [-0.1, -0.05) is 0 Å². The van der Waals surface area contributed by atoms with E-state index in [4.69, 9.17) is 9.47 Å². The first kappa shape index (κ1) is 9.47. The highest BCUT2D eigenvalue weighted by Crippen LogP contribution is 2.68. The van der Waals surface area contributed by atoms with Crippen molar-refractivity contribution in [3.63, 3.8) is 0 Å². The molecular weight excluding hydrogens is 170 g/mol. The first-order chi connectivity index (χ1) is 6.17. The van der Waals surface area contributed by atoms with Crippen molar-refractivity contribution >= 4 is 7.85 Å². The number of halogens is 1. The van der Waals surface area contributed by atoms with Crippen LogP contribution in [0.1, 0.15) is 6.42 Å². The second-order valence-corrected chi connectivity index (χ2v) is 4.44. The van der Waals surface area contributed by atoms with E-state index >= 15 is 0 Å². The fourth-order valence-electron chi connectivity index (χ4n) is 3.08. The predicted molar refractivity (Wildman–Crippen MR) is 50.4 cm³/mol. The fourth-order valence-corrected chi connectivity index (χ4v) is 3.08. The van der Waals surface area contributed by atoms with E-state index in [1.807, 2.05) is 7.85 Å². The molecule has 0 spiro atoms. The number of fused-ring (bicyclic) bond motifs is 1. The lowest BCUT2D eigenvalue weighted by atomic mass is 9.81. The van der Waals surface area contributed by atoms with Crippen molar-refractivity contribution in [1.29, 1.82) is 0 Å². The largest absolute Gasteiger partial charge is 0.384 e. The Hall–Kier alpha value is -0.0851. The van der Waals surface area contributed by atoms with E-state index in [0.29, 0.717) is 12.5 Å². The first-order valence-corrected chi connectivity index (χ1v) is 4.83. The SMILES string of the molecule is B[C@H]1[C@H](F)[C@H](OC)[C@]2(COC)C[C@H]12. The third-order valence-electron chi connectivity index (χ3n) is 3.84. The van der Waals surface area contributed by atoms with E-state index in [1.54, 1.807) is 14.2 Å². The molecule has 4 heteroatoms. The van der Waals surface area contributed by atoms with Gasteiger partial charge in [-0.3, -0.25) is 0 Å². The minimum absolute atomic E-state index is 0.00231. The second kappa shape index (κ2) is 2.96. The zero-order valence-corrected chi connectivity index (χ0v) is 8.42. The lowest BCUT2D eigenvalue weighted by molar-refractivity contribution is -0.0253. The summed E-state index contributed by atoms with van der Waals surface area (Å²) in [7, 11) is 5.25. The van der Waals surface area contributed by atoms with Gasteiger partial charge in [0.15, 0.2) is 0 Å². The normalized spacial score (nSPS) is 53.5. The number of hydrogen-bond acceptors (Lipinski definition) is 2. The number of alkyl halides is 1. The zero-order valence-electron chi connectivity index (χ0n) is 8.42. The second-order valence-electron chi connectivity index (χ2n) is 4.44. The molecule has 0 unspecified atom stereocenters. The molecule has 2 fully saturated rings. The molecule has 5 atom stereocenters. The van der Waals surface area contributed by atoms with Gasteiger partial charge in [0.05, 0.1) is 12.7 Å². The van der Waals surface area contributed by atoms with Crippen molar-refractivity contribution in [3.8, 4) is 0 Å². The quantitative estimate of drug-likeness (QED) is 0.595. The van der Waals surface area contributed by atoms with Crippen molar-refractivity contribution in [1.82, 2.24) is 0 Å². The molecule has 13 heavy (non-hydrogen) atoms. The monoisotopic (exact) mass is 186 g/mol. The molecule has 2 rings (SSSR count). The summed E-state index contributed by atoms with van der Waals surface area (Å²) in [5.74, 6) is 0.618. The smallest absolute Gasteiger partial charge is 0.123 e. The minimum Gasteiger partial charge on any atom is -0.384 e. The van der Waals surface area contributed by atoms with Gasteiger partial charge < -0.3 is 9.47 Å². The van der Waals surface area contributed by atoms with E-state index in [0.717, 1.165) is 6.42 Å². The van der Waals surface area contributed by atoms with Gasteiger partial charge >= 0.3 is 0 Å². The van der Waals surface area contributed by atoms with Crippen LogP contribution >= 0.6 is 0 Å². The van der Waals surface area contributed by atoms with Gasteiger partial charge in [0, 0.05) is 19.6 Å². The van der Waals surface area contributed by atoms with Crippen LogP contribution in [0.25, 0.3) is 0 Å². The van der Waals surface area contributed by atoms with Crippen molar-refractivity contribution in [3.05, 3.63) is 0 Å². The van der Waals surface area contributed by atoms with Gasteiger partial charge in [0.1, 0.15) is 14.0 Å². The number of ether oxygens (including phenoxy) is 2. The average Bonchev–Trinajstić information content (AvgIpc) is 2.76. The molecule has 0 radical (unpaired) electrons. The summed E-state index contributed by atoms with van der Waals surface area (Å²) in [6.07, 6.45) is 0.0207. The van der Waals surface area contributed by atoms with Crippen molar-refractivity contribution < 1.29 is 13.9 Å². The Morgan fingerprint density at radius 3 is 2.77 bits per heavy atom. The van der Waals surface area contributed by atoms with Crippen molar-refractivity contribution in [2.75, 3.05) is 20.8 Å². The van der Waals surface area contributed by atoms with Crippen LogP contribution in [0.3, 0.4) is 0 Å². The standard InChI is InChI=1S/C9H16BFO2/c1-12-4-9-3-5(9)6(10)7(11)8(9)13-2/h5-8H,3-4,10H2,1-2H3/t5-,6-,7+,8+,9+/m1/s1. The Bertz CT molecular complexity index is 214. The molecule has 0 amide bonds. The first-order valence-electron chi connectivity index (χ1n) is 4.83. The zero-order chi connectivity index (χ0) is 9.64. The van der Waals surface area contributed by atoms with Gasteiger partial charge in [0.25, 0.3) is 0 Å². The molecule has 0 aliphatic heterocycles. The Morgan fingerprint density at radius 1 is 1.54 bits per heavy atom. The number of rotatable bonds is 3. The van der Waals surface area contributed by atoms with Crippen LogP contribution in [0.5, 0.6) is 0 Å². The molecule has 2 nitrogen and oxygen atoms in total. The summed E-state index contributed by atoms with van der Waals surface area (Å²) in [6, 6.07) is 0. The summed E-state index contributed by atoms with van der Waals surface area (Å²) >= 11 is 0. The molecule has 0 saturated heterocycles. The van der Waals surface area contributed by atoms with Gasteiger partial charge in [-0.25, -0.2) is 4.39 Å². The summed E-state index contributed by atoms with van der Waals surface area (Å²) in [5, 5.41) is 0. The summed E-state index contributed by atoms with van der Waals surface area (Å²) in [4.78, 5) is 0. The molecule has 74 valence electrons. The van der Waals surface area contributed by atoms with Crippen molar-refractivity contribution in [2.24, 2.45) is 11.3 Å². The molecule has 0 bridgehead atoms. The average molecular weight is 186 g/mol. The Kier molecular flexibility index (Phi) is 2.15. The molecule has 0 aromatic carbocycles. The maximum atomic E-state index is 13.7. The topological polar surface area (TPSA) is 18.5 Å². The molecular formula is C9H16BFO2. The van der Waals surface area contributed by atoms with Crippen LogP contribution in [-0.4, -0.2) is 40.9 Å². The van der Waals surface area contributed by atoms with Crippen molar-refractivity contribution in [2.45, 2.75) is 24.5 Å². The molecule has 0 aromatic heterocycles. The molecule has 2 saturated carbocycles. The maximum Gasteiger partial charge on any atom is 0.123 e. The molecule has 0 N–H and O–H groups in total. The van der Waals surface area contributed by atoms with Crippen LogP contribution in [0.4, 0.5) is 4.39 Å². The van der Waals surface area contributed by atoms with Crippen LogP contribution in [0.15, 0.2) is 0 Å². The van der Waals surface area contributed by atoms with E-state index in [2.05, 4.69) is 0 Å². The van der Waals surface area contributed by atoms with Gasteiger partial charge in [-0.15, -0.1) is 0 Å². The Labute approximate surface area is 79.2 Å². The molecule has 0 heterocycles. The maximum absolute atomic E-state index is 13.7. The van der Waals surface area contributed by atoms with Crippen LogP contribution in [0.2, 0.25) is 5.82 Å². The van der Waals surface area contributed by atoms with E-state index < -0.39 is 6.17 Å². The Balaban J connectivity index is 2.14. The van der Waals surface area contributed by atoms with Gasteiger partial charge in [0.2, 0.25) is 0 Å². The summed E-state index contributed by atoms with van der Waals surface area (Å²) in [6.45, 7) is 0.640. The number of hydrogen-bond donors (Lipinski definition) is 0. The molecule has 2 aliphatic rings. The van der Waals surface area contributed by atoms with Gasteiger partial charge in [-0.2, -0.15) is 0 Å². The predicted octanol–water partition coefficient (Wildman–Crippen LogP) is 0.427. The van der Waals surface area contributed by atoms with Crippen LogP contribution in [-0.2, 0) is 9.47 Å². The third-order valence-corrected chi connectivity index (χ3v) is 3.84. The summed E-state index contributed by atoms with van der Waals surface area (Å²) < 4.78 is 24.1. The van der Waals surface area contributed by atoms with Crippen LogP contribution in [0, 0.1) is 11.3 Å². The molecule has 2 aliphatic carbocycles. The fraction of sp³-hybridized carbons (Fsp3) is 1.00. The lowest BCUT2D eigenvalue weighted by Crippen LogP contribution is -2.33. The molecule has 0 aromatic rings. The van der Waals surface area contributed by atoms with Crippen LogP contribution < -0.4 is 0 Å². The van der Waals surface area contributed by atoms with E-state index in [-0.39, 0.29) is 17.3 Å². The highest BCUT2D eigenvalue weighted by molar-refractivity contribution is 6.13. The lowest BCUT2D eigenvalue weighted by Gasteiger charge is -2.23. The minimum atomic E-state index is -0.807. The Morgan fingerprint density at radius 2 is 2.23 bits per heavy atom. The van der Waals surface area contributed by atoms with Gasteiger partial charge in [-0.05, 0) is 18.2 Å². The highest BCUT2D eigenvalue weighted by Gasteiger charge is 2.70.